The fourth-order valence-corrected chi connectivity index (χ4v) is 1.23. The molecule has 0 spiro atoms. The summed E-state index contributed by atoms with van der Waals surface area (Å²) in [5.74, 6) is 0. The first kappa shape index (κ1) is 13.9. The average Bonchev–Trinajstić information content (AvgIpc) is 2.36. The van der Waals surface area contributed by atoms with E-state index in [2.05, 4.69) is 5.32 Å². The Balaban J connectivity index is 2.91. The third kappa shape index (κ3) is 3.41. The molecule has 1 rings (SSSR count). The summed E-state index contributed by atoms with van der Waals surface area (Å²) < 4.78 is 0. The number of non-ortho nitro benzene ring substituents is 1. The zero-order valence-electron chi connectivity index (χ0n) is 9.75. The summed E-state index contributed by atoms with van der Waals surface area (Å²) in [6, 6.07) is 5.64. The number of aliphatic hydroxyl groups is 2. The number of nitrogens with zero attached hydrogens (tertiary/aromatic N) is 2. The molecule has 0 aliphatic carbocycles. The van der Waals surface area contributed by atoms with E-state index in [1.165, 1.54) is 19.1 Å². The summed E-state index contributed by atoms with van der Waals surface area (Å²) in [4.78, 5) is 9.96. The molecule has 1 aromatic carbocycles. The first-order chi connectivity index (χ1) is 8.39. The van der Waals surface area contributed by atoms with Gasteiger partial charge < -0.3 is 15.5 Å². The van der Waals surface area contributed by atoms with Crippen LogP contribution in [0.15, 0.2) is 18.2 Å². The molecule has 0 heterocycles. The van der Waals surface area contributed by atoms with Gasteiger partial charge >= 0.3 is 0 Å². The van der Waals surface area contributed by atoms with Crippen LogP contribution in [0.4, 0.5) is 11.4 Å². The number of nitriles is 1. The van der Waals surface area contributed by atoms with Gasteiger partial charge in [0.15, 0.2) is 0 Å². The van der Waals surface area contributed by atoms with Crippen molar-refractivity contribution in [3.8, 4) is 6.07 Å². The largest absolute Gasteiger partial charge is 0.393 e. The van der Waals surface area contributed by atoms with Crippen molar-refractivity contribution < 1.29 is 15.1 Å². The summed E-state index contributed by atoms with van der Waals surface area (Å²) in [6.45, 7) is 1.02. The van der Waals surface area contributed by atoms with Crippen molar-refractivity contribution >= 4 is 11.4 Å². The Kier molecular flexibility index (Phi) is 4.20. The molecule has 18 heavy (non-hydrogen) atoms. The number of rotatable bonds is 5. The molecule has 1 unspecified atom stereocenters. The third-order valence-corrected chi connectivity index (χ3v) is 2.33. The molecule has 7 nitrogen and oxygen atoms in total. The van der Waals surface area contributed by atoms with Crippen molar-refractivity contribution in [2.45, 2.75) is 12.5 Å². The quantitative estimate of drug-likeness (QED) is 0.521. The summed E-state index contributed by atoms with van der Waals surface area (Å²) in [5, 5.41) is 40.7. The second-order valence-electron chi connectivity index (χ2n) is 4.11. The molecule has 96 valence electrons. The predicted octanol–water partition coefficient (Wildman–Crippen LogP) is 0.622. The van der Waals surface area contributed by atoms with Crippen LogP contribution >= 0.6 is 0 Å². The SMILES string of the molecule is CC(O)(CO)CNc1ccc([N+](=O)[O-])cc1C#N. The second-order valence-corrected chi connectivity index (χ2v) is 4.11. The highest BCUT2D eigenvalue weighted by Crippen LogP contribution is 2.21. The Morgan fingerprint density at radius 1 is 1.61 bits per heavy atom. The third-order valence-electron chi connectivity index (χ3n) is 2.33. The van der Waals surface area contributed by atoms with E-state index >= 15 is 0 Å². The molecular formula is C11H13N3O4. The smallest absolute Gasteiger partial charge is 0.270 e. The normalized spacial score (nSPS) is 13.4. The Morgan fingerprint density at radius 3 is 2.78 bits per heavy atom. The number of anilines is 1. The lowest BCUT2D eigenvalue weighted by Crippen LogP contribution is -2.37. The van der Waals surface area contributed by atoms with Gasteiger partial charge in [-0.15, -0.1) is 0 Å². The van der Waals surface area contributed by atoms with Crippen LogP contribution in [-0.4, -0.2) is 33.9 Å². The minimum absolute atomic E-state index is 0.0238. The monoisotopic (exact) mass is 251 g/mol. The van der Waals surface area contributed by atoms with Gasteiger partial charge in [-0.05, 0) is 13.0 Å². The van der Waals surface area contributed by atoms with Crippen LogP contribution in [0.25, 0.3) is 0 Å². The summed E-state index contributed by atoms with van der Waals surface area (Å²) >= 11 is 0. The highest BCUT2D eigenvalue weighted by atomic mass is 16.6. The van der Waals surface area contributed by atoms with Crippen LogP contribution in [0.5, 0.6) is 0 Å². The first-order valence-electron chi connectivity index (χ1n) is 5.15. The average molecular weight is 251 g/mol. The Bertz CT molecular complexity index is 494. The van der Waals surface area contributed by atoms with E-state index in [0.29, 0.717) is 5.69 Å². The number of nitrogens with one attached hydrogen (secondary N) is 1. The Hall–Kier alpha value is -2.17. The summed E-state index contributed by atoms with van der Waals surface area (Å²) in [5.41, 5.74) is -1.02. The van der Waals surface area contributed by atoms with Gasteiger partial charge in [-0.3, -0.25) is 10.1 Å². The maximum Gasteiger partial charge on any atom is 0.270 e. The molecule has 1 aromatic rings. The van der Waals surface area contributed by atoms with E-state index in [1.54, 1.807) is 0 Å². The zero-order chi connectivity index (χ0) is 13.8. The van der Waals surface area contributed by atoms with E-state index in [0.717, 1.165) is 6.07 Å². The molecule has 0 amide bonds. The van der Waals surface area contributed by atoms with Gasteiger partial charge in [0, 0.05) is 18.7 Å². The van der Waals surface area contributed by atoms with E-state index in [9.17, 15) is 15.2 Å². The lowest BCUT2D eigenvalue weighted by molar-refractivity contribution is -0.384. The van der Waals surface area contributed by atoms with Gasteiger partial charge in [0.2, 0.25) is 0 Å². The van der Waals surface area contributed by atoms with Crippen molar-refractivity contribution in [1.29, 1.82) is 5.26 Å². The number of nitro benzene ring substituents is 1. The van der Waals surface area contributed by atoms with E-state index < -0.39 is 17.1 Å². The number of benzene rings is 1. The van der Waals surface area contributed by atoms with Crippen molar-refractivity contribution in [3.63, 3.8) is 0 Å². The van der Waals surface area contributed by atoms with Gasteiger partial charge in [0.05, 0.1) is 22.8 Å². The highest BCUT2D eigenvalue weighted by Gasteiger charge is 2.19. The minimum Gasteiger partial charge on any atom is -0.393 e. The predicted molar refractivity (Wildman–Crippen MR) is 64.0 cm³/mol. The number of nitro groups is 1. The zero-order valence-corrected chi connectivity index (χ0v) is 9.75. The van der Waals surface area contributed by atoms with Crippen LogP contribution < -0.4 is 5.32 Å². The van der Waals surface area contributed by atoms with Crippen molar-refractivity contribution in [3.05, 3.63) is 33.9 Å². The van der Waals surface area contributed by atoms with Crippen LogP contribution in [0.3, 0.4) is 0 Å². The molecule has 0 aromatic heterocycles. The molecule has 0 saturated carbocycles. The van der Waals surface area contributed by atoms with Crippen molar-refractivity contribution in [1.82, 2.24) is 0 Å². The number of hydrogen-bond donors (Lipinski definition) is 3. The van der Waals surface area contributed by atoms with E-state index in [-0.39, 0.29) is 17.8 Å². The second kappa shape index (κ2) is 5.44. The molecule has 7 heteroatoms. The molecule has 1 atom stereocenters. The van der Waals surface area contributed by atoms with Gasteiger partial charge in [-0.25, -0.2) is 0 Å². The molecular weight excluding hydrogens is 238 g/mol. The minimum atomic E-state index is -1.32. The van der Waals surface area contributed by atoms with Gasteiger partial charge in [-0.1, -0.05) is 0 Å². The molecule has 0 radical (unpaired) electrons. The molecule has 0 bridgehead atoms. The topological polar surface area (TPSA) is 119 Å². The fraction of sp³-hybridized carbons (Fsp3) is 0.364. The lowest BCUT2D eigenvalue weighted by atomic mass is 10.1. The van der Waals surface area contributed by atoms with Gasteiger partial charge in [-0.2, -0.15) is 5.26 Å². The molecule has 3 N–H and O–H groups in total. The van der Waals surface area contributed by atoms with Crippen LogP contribution in [0.1, 0.15) is 12.5 Å². The van der Waals surface area contributed by atoms with Crippen molar-refractivity contribution in [2.24, 2.45) is 0 Å². The lowest BCUT2D eigenvalue weighted by Gasteiger charge is -2.21. The fourth-order valence-electron chi connectivity index (χ4n) is 1.23. The van der Waals surface area contributed by atoms with Crippen LogP contribution in [-0.2, 0) is 0 Å². The number of hydrogen-bond acceptors (Lipinski definition) is 6. The van der Waals surface area contributed by atoms with E-state index in [1.807, 2.05) is 6.07 Å². The number of aliphatic hydroxyl groups excluding tert-OH is 1. The molecule has 0 saturated heterocycles. The van der Waals surface area contributed by atoms with Crippen molar-refractivity contribution in [2.75, 3.05) is 18.5 Å². The molecule has 0 aliphatic heterocycles. The first-order valence-corrected chi connectivity index (χ1v) is 5.15. The van der Waals surface area contributed by atoms with Crippen LogP contribution in [0.2, 0.25) is 0 Å². The van der Waals surface area contributed by atoms with Gasteiger partial charge in [0.25, 0.3) is 5.69 Å². The molecule has 0 aliphatic rings. The molecule has 0 fully saturated rings. The van der Waals surface area contributed by atoms with E-state index in [4.69, 9.17) is 10.4 Å². The maximum atomic E-state index is 10.5. The summed E-state index contributed by atoms with van der Waals surface area (Å²) in [7, 11) is 0. The Morgan fingerprint density at radius 2 is 2.28 bits per heavy atom. The maximum absolute atomic E-state index is 10.5. The van der Waals surface area contributed by atoms with Gasteiger partial charge in [0.1, 0.15) is 11.7 Å². The van der Waals surface area contributed by atoms with Crippen LogP contribution in [0, 0.1) is 21.4 Å². The Labute approximate surface area is 103 Å². The highest BCUT2D eigenvalue weighted by molar-refractivity contribution is 5.61. The summed E-state index contributed by atoms with van der Waals surface area (Å²) in [6.07, 6.45) is 0. The standard InChI is InChI=1S/C11H13N3O4/c1-11(16,7-15)6-13-10-3-2-9(14(17)18)4-8(10)5-12/h2-4,13,15-16H,6-7H2,1H3.